The Morgan fingerprint density at radius 2 is 1.78 bits per heavy atom. The molecule has 27 heavy (non-hydrogen) atoms. The van der Waals surface area contributed by atoms with Gasteiger partial charge in [-0.15, -0.1) is 10.2 Å². The number of sulfonamides is 1. The molecule has 3 aromatic rings. The first-order valence-corrected chi connectivity index (χ1v) is 11.0. The lowest BCUT2D eigenvalue weighted by molar-refractivity contribution is 0.102. The number of thioether (sulfide) groups is 1. The van der Waals surface area contributed by atoms with E-state index in [9.17, 15) is 13.2 Å². The molecule has 9 heteroatoms. The van der Waals surface area contributed by atoms with E-state index in [4.69, 9.17) is 0 Å². The van der Waals surface area contributed by atoms with Crippen LogP contribution in [0.5, 0.6) is 0 Å². The van der Waals surface area contributed by atoms with E-state index in [2.05, 4.69) is 10.2 Å². The highest BCUT2D eigenvalue weighted by Crippen LogP contribution is 2.22. The number of hydrogen-bond acceptors (Lipinski definition) is 6. The number of pyridine rings is 1. The van der Waals surface area contributed by atoms with Crippen LogP contribution in [-0.2, 0) is 10.0 Å². The Morgan fingerprint density at radius 3 is 2.44 bits per heavy atom. The summed E-state index contributed by atoms with van der Waals surface area (Å²) >= 11 is 1.23. The smallest absolute Gasteiger partial charge is 0.244 e. The van der Waals surface area contributed by atoms with E-state index in [1.807, 2.05) is 18.2 Å². The van der Waals surface area contributed by atoms with Crippen molar-refractivity contribution in [3.63, 3.8) is 0 Å². The number of carbonyl (C=O) groups is 1. The molecule has 0 fully saturated rings. The SMILES string of the molecule is CCN(CC)S(=O)(=O)c1ccc2nnc(SCC(=O)c3ccccc3)n2c1. The molecule has 142 valence electrons. The normalized spacial score (nSPS) is 12.0. The average Bonchev–Trinajstić information content (AvgIpc) is 3.10. The molecule has 0 saturated heterocycles. The molecular formula is C18H20N4O3S2. The number of benzene rings is 1. The van der Waals surface area contributed by atoms with Gasteiger partial charge in [0, 0.05) is 24.8 Å². The summed E-state index contributed by atoms with van der Waals surface area (Å²) in [4.78, 5) is 12.5. The molecule has 0 N–H and O–H groups in total. The van der Waals surface area contributed by atoms with E-state index in [1.54, 1.807) is 36.4 Å². The Kier molecular flexibility index (Phi) is 5.93. The quantitative estimate of drug-likeness (QED) is 0.424. The predicted octanol–water partition coefficient (Wildman–Crippen LogP) is 2.73. The van der Waals surface area contributed by atoms with Crippen LogP contribution in [0, 0.1) is 0 Å². The first-order chi connectivity index (χ1) is 13.0. The second-order valence-electron chi connectivity index (χ2n) is 5.74. The molecule has 0 amide bonds. The van der Waals surface area contributed by atoms with Crippen molar-refractivity contribution in [3.8, 4) is 0 Å². The molecule has 2 heterocycles. The van der Waals surface area contributed by atoms with Gasteiger partial charge in [-0.05, 0) is 12.1 Å². The molecule has 0 bridgehead atoms. The fraction of sp³-hybridized carbons (Fsp3) is 0.278. The Labute approximate surface area is 162 Å². The third-order valence-corrected chi connectivity index (χ3v) is 7.09. The molecule has 0 saturated carbocycles. The fourth-order valence-corrected chi connectivity index (χ4v) is 4.92. The van der Waals surface area contributed by atoms with Crippen LogP contribution < -0.4 is 0 Å². The third kappa shape index (κ3) is 4.05. The zero-order chi connectivity index (χ0) is 19.4. The topological polar surface area (TPSA) is 84.6 Å². The molecule has 0 aliphatic carbocycles. The maximum absolute atomic E-state index is 12.7. The van der Waals surface area contributed by atoms with Gasteiger partial charge in [-0.3, -0.25) is 9.20 Å². The number of fused-ring (bicyclic) bond motifs is 1. The molecule has 1 aromatic carbocycles. The van der Waals surface area contributed by atoms with Crippen LogP contribution in [0.1, 0.15) is 24.2 Å². The van der Waals surface area contributed by atoms with Gasteiger partial charge in [0.2, 0.25) is 10.0 Å². The molecule has 0 aliphatic heterocycles. The van der Waals surface area contributed by atoms with Gasteiger partial charge in [0.25, 0.3) is 0 Å². The van der Waals surface area contributed by atoms with E-state index in [0.717, 1.165) is 0 Å². The minimum Gasteiger partial charge on any atom is -0.293 e. The summed E-state index contributed by atoms with van der Waals surface area (Å²) in [6.07, 6.45) is 1.51. The van der Waals surface area contributed by atoms with Crippen molar-refractivity contribution in [2.45, 2.75) is 23.9 Å². The summed E-state index contributed by atoms with van der Waals surface area (Å²) in [5, 5.41) is 8.61. The molecule has 2 aromatic heterocycles. The van der Waals surface area contributed by atoms with Gasteiger partial charge < -0.3 is 0 Å². The Hall–Kier alpha value is -2.23. The highest BCUT2D eigenvalue weighted by molar-refractivity contribution is 7.99. The van der Waals surface area contributed by atoms with Crippen molar-refractivity contribution in [2.24, 2.45) is 0 Å². The highest BCUT2D eigenvalue weighted by atomic mass is 32.2. The third-order valence-electron chi connectivity index (χ3n) is 4.12. The van der Waals surface area contributed by atoms with Crippen LogP contribution in [0.2, 0.25) is 0 Å². The van der Waals surface area contributed by atoms with Crippen LogP contribution in [0.4, 0.5) is 0 Å². The molecule has 0 radical (unpaired) electrons. The molecular weight excluding hydrogens is 384 g/mol. The van der Waals surface area contributed by atoms with Crippen LogP contribution in [0.25, 0.3) is 5.65 Å². The number of carbonyl (C=O) groups excluding carboxylic acids is 1. The molecule has 0 atom stereocenters. The summed E-state index contributed by atoms with van der Waals surface area (Å²) in [7, 11) is -3.58. The first-order valence-electron chi connectivity index (χ1n) is 8.53. The summed E-state index contributed by atoms with van der Waals surface area (Å²) in [5.41, 5.74) is 1.16. The van der Waals surface area contributed by atoms with Crippen LogP contribution in [0.3, 0.4) is 0 Å². The average molecular weight is 405 g/mol. The van der Waals surface area contributed by atoms with Crippen LogP contribution in [-0.4, -0.2) is 51.9 Å². The Bertz CT molecular complexity index is 1040. The van der Waals surface area contributed by atoms with E-state index < -0.39 is 10.0 Å². The lowest BCUT2D eigenvalue weighted by Crippen LogP contribution is -2.30. The van der Waals surface area contributed by atoms with E-state index in [-0.39, 0.29) is 16.4 Å². The summed E-state index contributed by atoms with van der Waals surface area (Å²) in [6, 6.07) is 12.2. The minimum atomic E-state index is -3.58. The van der Waals surface area contributed by atoms with E-state index in [1.165, 1.54) is 28.3 Å². The summed E-state index contributed by atoms with van der Waals surface area (Å²) in [5.74, 6) is 0.168. The predicted molar refractivity (Wildman–Crippen MR) is 105 cm³/mol. The van der Waals surface area contributed by atoms with E-state index in [0.29, 0.717) is 29.5 Å². The standard InChI is InChI=1S/C18H20N4O3S2/c1-3-21(4-2)27(24,25)15-10-11-17-19-20-18(22(17)12-15)26-13-16(23)14-8-6-5-7-9-14/h5-12H,3-4,13H2,1-2H3. The summed E-state index contributed by atoms with van der Waals surface area (Å²) < 4.78 is 28.5. The monoisotopic (exact) mass is 404 g/mol. The Balaban J connectivity index is 1.86. The maximum Gasteiger partial charge on any atom is 0.244 e. The van der Waals surface area contributed by atoms with Gasteiger partial charge in [-0.25, -0.2) is 8.42 Å². The van der Waals surface area contributed by atoms with Crippen molar-refractivity contribution >= 4 is 33.2 Å². The van der Waals surface area contributed by atoms with Crippen molar-refractivity contribution < 1.29 is 13.2 Å². The van der Waals surface area contributed by atoms with Gasteiger partial charge in [-0.2, -0.15) is 4.31 Å². The maximum atomic E-state index is 12.7. The molecule has 3 rings (SSSR count). The lowest BCUT2D eigenvalue weighted by atomic mass is 10.2. The highest BCUT2D eigenvalue weighted by Gasteiger charge is 2.23. The molecule has 0 unspecified atom stereocenters. The van der Waals surface area contributed by atoms with Crippen molar-refractivity contribution in [2.75, 3.05) is 18.8 Å². The molecule has 0 aliphatic rings. The Morgan fingerprint density at radius 1 is 1.07 bits per heavy atom. The van der Waals surface area contributed by atoms with Gasteiger partial charge in [0.05, 0.1) is 10.6 Å². The van der Waals surface area contributed by atoms with Crippen molar-refractivity contribution in [3.05, 3.63) is 54.2 Å². The van der Waals surface area contributed by atoms with Crippen molar-refractivity contribution in [1.29, 1.82) is 0 Å². The fourth-order valence-electron chi connectivity index (χ4n) is 2.65. The van der Waals surface area contributed by atoms with Crippen molar-refractivity contribution in [1.82, 2.24) is 18.9 Å². The summed E-state index contributed by atoms with van der Waals surface area (Å²) in [6.45, 7) is 4.39. The lowest BCUT2D eigenvalue weighted by Gasteiger charge is -2.18. The van der Waals surface area contributed by atoms with Gasteiger partial charge >= 0.3 is 0 Å². The largest absolute Gasteiger partial charge is 0.293 e. The van der Waals surface area contributed by atoms with Gasteiger partial charge in [0.15, 0.2) is 16.6 Å². The first kappa shape index (κ1) is 19.5. The minimum absolute atomic E-state index is 0.0238. The number of Topliss-reactive ketones (excluding diaryl/α,β-unsaturated/α-hetero) is 1. The van der Waals surface area contributed by atoms with Crippen LogP contribution >= 0.6 is 11.8 Å². The number of aromatic nitrogens is 3. The number of hydrogen-bond donors (Lipinski definition) is 0. The number of rotatable bonds is 8. The molecule has 7 nitrogen and oxygen atoms in total. The molecule has 0 spiro atoms. The van der Waals surface area contributed by atoms with Gasteiger partial charge in [-0.1, -0.05) is 55.9 Å². The number of ketones is 1. The second kappa shape index (κ2) is 8.20. The zero-order valence-electron chi connectivity index (χ0n) is 15.1. The van der Waals surface area contributed by atoms with Crippen LogP contribution in [0.15, 0.2) is 58.7 Å². The number of nitrogens with zero attached hydrogens (tertiary/aromatic N) is 4. The zero-order valence-corrected chi connectivity index (χ0v) is 16.7. The van der Waals surface area contributed by atoms with Gasteiger partial charge in [0.1, 0.15) is 0 Å². The second-order valence-corrected chi connectivity index (χ2v) is 8.62. The van der Waals surface area contributed by atoms with E-state index >= 15 is 0 Å².